The number of rotatable bonds is 3. The summed E-state index contributed by atoms with van der Waals surface area (Å²) in [5.74, 6) is -1.76. The van der Waals surface area contributed by atoms with Gasteiger partial charge in [0.05, 0.1) is 0 Å². The topological polar surface area (TPSA) is 91.7 Å². The standard InChI is InChI=1S/C10H10O5S/c11-7-3-1-2-4-8(7)16(14,15)10(5-6-10)9(12)13/h1-4,11H,5-6H2,(H,12,13). The van der Waals surface area contributed by atoms with Crippen molar-refractivity contribution in [2.45, 2.75) is 22.5 Å². The summed E-state index contributed by atoms with van der Waals surface area (Å²) >= 11 is 0. The van der Waals surface area contributed by atoms with E-state index in [0.717, 1.165) is 0 Å². The van der Waals surface area contributed by atoms with E-state index in [2.05, 4.69) is 0 Å². The van der Waals surface area contributed by atoms with Gasteiger partial charge in [-0.05, 0) is 25.0 Å². The zero-order valence-corrected chi connectivity index (χ0v) is 9.07. The predicted octanol–water partition coefficient (Wildman–Crippen LogP) is 0.783. The second-order valence-electron chi connectivity index (χ2n) is 3.77. The number of hydrogen-bond acceptors (Lipinski definition) is 4. The van der Waals surface area contributed by atoms with Gasteiger partial charge >= 0.3 is 5.97 Å². The highest BCUT2D eigenvalue weighted by Crippen LogP contribution is 2.48. The van der Waals surface area contributed by atoms with Gasteiger partial charge in [-0.3, -0.25) is 4.79 Å². The van der Waals surface area contributed by atoms with Crippen LogP contribution in [0.15, 0.2) is 29.2 Å². The van der Waals surface area contributed by atoms with Crippen LogP contribution in [0.1, 0.15) is 12.8 Å². The van der Waals surface area contributed by atoms with Crippen LogP contribution in [0.5, 0.6) is 5.75 Å². The molecular formula is C10H10O5S. The van der Waals surface area contributed by atoms with E-state index >= 15 is 0 Å². The molecule has 2 rings (SSSR count). The molecule has 0 radical (unpaired) electrons. The van der Waals surface area contributed by atoms with Gasteiger partial charge < -0.3 is 10.2 Å². The Morgan fingerprint density at radius 3 is 2.25 bits per heavy atom. The van der Waals surface area contributed by atoms with Crippen LogP contribution in [0.3, 0.4) is 0 Å². The van der Waals surface area contributed by atoms with Crippen LogP contribution in [0.2, 0.25) is 0 Å². The molecule has 1 aromatic carbocycles. The van der Waals surface area contributed by atoms with E-state index < -0.39 is 26.3 Å². The highest BCUT2D eigenvalue weighted by atomic mass is 32.2. The number of carboxylic acid groups (broad SMARTS) is 1. The summed E-state index contributed by atoms with van der Waals surface area (Å²) in [6.07, 6.45) is 0.192. The van der Waals surface area contributed by atoms with E-state index in [1.807, 2.05) is 0 Å². The number of carbonyl (C=O) groups is 1. The molecule has 1 aliphatic carbocycles. The number of para-hydroxylation sites is 1. The van der Waals surface area contributed by atoms with E-state index in [1.165, 1.54) is 24.3 Å². The predicted molar refractivity (Wildman–Crippen MR) is 54.9 cm³/mol. The number of carboxylic acids is 1. The number of phenols is 1. The van der Waals surface area contributed by atoms with Crippen molar-refractivity contribution in [2.24, 2.45) is 0 Å². The molecule has 16 heavy (non-hydrogen) atoms. The number of phenolic OH excluding ortho intramolecular Hbond substituents is 1. The van der Waals surface area contributed by atoms with Crippen LogP contribution in [0, 0.1) is 0 Å². The number of hydrogen-bond donors (Lipinski definition) is 2. The fraction of sp³-hybridized carbons (Fsp3) is 0.300. The Morgan fingerprint density at radius 1 is 1.25 bits per heavy atom. The Morgan fingerprint density at radius 2 is 1.81 bits per heavy atom. The third-order valence-electron chi connectivity index (χ3n) is 2.76. The van der Waals surface area contributed by atoms with Crippen LogP contribution in [0.25, 0.3) is 0 Å². The van der Waals surface area contributed by atoms with Crippen LogP contribution in [-0.2, 0) is 14.6 Å². The smallest absolute Gasteiger partial charge is 0.325 e. The molecule has 1 aromatic rings. The van der Waals surface area contributed by atoms with Crippen LogP contribution >= 0.6 is 0 Å². The lowest BCUT2D eigenvalue weighted by molar-refractivity contribution is -0.137. The molecule has 0 heterocycles. The first-order chi connectivity index (χ1) is 7.42. The van der Waals surface area contributed by atoms with Gasteiger partial charge in [-0.25, -0.2) is 8.42 Å². The molecule has 6 heteroatoms. The fourth-order valence-electron chi connectivity index (χ4n) is 1.61. The molecule has 0 bridgehead atoms. The summed E-state index contributed by atoms with van der Waals surface area (Å²) in [7, 11) is -4.01. The van der Waals surface area contributed by atoms with Gasteiger partial charge in [-0.1, -0.05) is 12.1 Å². The lowest BCUT2D eigenvalue weighted by Crippen LogP contribution is -2.32. The van der Waals surface area contributed by atoms with Crippen molar-refractivity contribution in [1.29, 1.82) is 0 Å². The minimum Gasteiger partial charge on any atom is -0.507 e. The van der Waals surface area contributed by atoms with Crippen molar-refractivity contribution in [3.8, 4) is 5.75 Å². The first-order valence-electron chi connectivity index (χ1n) is 4.68. The molecule has 5 nitrogen and oxygen atoms in total. The van der Waals surface area contributed by atoms with Crippen molar-refractivity contribution in [3.63, 3.8) is 0 Å². The van der Waals surface area contributed by atoms with Gasteiger partial charge in [0.2, 0.25) is 0 Å². The van der Waals surface area contributed by atoms with Gasteiger partial charge in [-0.2, -0.15) is 0 Å². The van der Waals surface area contributed by atoms with Crippen molar-refractivity contribution in [3.05, 3.63) is 24.3 Å². The third-order valence-corrected chi connectivity index (χ3v) is 5.30. The van der Waals surface area contributed by atoms with Gasteiger partial charge in [0.25, 0.3) is 0 Å². The van der Waals surface area contributed by atoms with Gasteiger partial charge in [0.1, 0.15) is 10.6 Å². The molecular weight excluding hydrogens is 232 g/mol. The zero-order chi connectivity index (χ0) is 12.0. The summed E-state index contributed by atoms with van der Waals surface area (Å²) in [5, 5.41) is 18.4. The maximum Gasteiger partial charge on any atom is 0.325 e. The molecule has 86 valence electrons. The molecule has 2 N–H and O–H groups in total. The van der Waals surface area contributed by atoms with Crippen molar-refractivity contribution < 1.29 is 23.4 Å². The second kappa shape index (κ2) is 3.21. The maximum atomic E-state index is 12.0. The van der Waals surface area contributed by atoms with Crippen LogP contribution < -0.4 is 0 Å². The normalized spacial score (nSPS) is 18.0. The molecule has 0 aliphatic heterocycles. The highest BCUT2D eigenvalue weighted by molar-refractivity contribution is 7.94. The SMILES string of the molecule is O=C(O)C1(S(=O)(=O)c2ccccc2O)CC1. The molecule has 1 fully saturated rings. The molecule has 0 atom stereocenters. The van der Waals surface area contributed by atoms with Gasteiger partial charge in [0, 0.05) is 0 Å². The monoisotopic (exact) mass is 242 g/mol. The number of benzene rings is 1. The summed E-state index contributed by atoms with van der Waals surface area (Å²) in [6.45, 7) is 0. The molecule has 0 saturated heterocycles. The first kappa shape index (κ1) is 10.9. The molecule has 1 aliphatic rings. The largest absolute Gasteiger partial charge is 0.507 e. The number of aromatic hydroxyl groups is 1. The second-order valence-corrected chi connectivity index (χ2v) is 6.00. The summed E-state index contributed by atoms with van der Waals surface area (Å²) < 4.78 is 22.3. The van der Waals surface area contributed by atoms with E-state index in [4.69, 9.17) is 5.11 Å². The molecule has 0 unspecified atom stereocenters. The average molecular weight is 242 g/mol. The average Bonchev–Trinajstić information content (AvgIpc) is 2.98. The van der Waals surface area contributed by atoms with Gasteiger partial charge in [0.15, 0.2) is 14.6 Å². The van der Waals surface area contributed by atoms with Crippen LogP contribution in [-0.4, -0.2) is 29.3 Å². The summed E-state index contributed by atoms with van der Waals surface area (Å²) in [6, 6.07) is 5.37. The number of sulfone groups is 1. The van der Waals surface area contributed by atoms with E-state index in [9.17, 15) is 18.3 Å². The highest BCUT2D eigenvalue weighted by Gasteiger charge is 2.62. The molecule has 0 amide bonds. The minimum absolute atomic E-state index is 0.0962. The van der Waals surface area contributed by atoms with Gasteiger partial charge in [-0.15, -0.1) is 0 Å². The molecule has 0 spiro atoms. The Hall–Kier alpha value is -1.56. The van der Waals surface area contributed by atoms with Crippen LogP contribution in [0.4, 0.5) is 0 Å². The summed E-state index contributed by atoms with van der Waals surface area (Å²) in [5.41, 5.74) is 0. The first-order valence-corrected chi connectivity index (χ1v) is 6.16. The molecule has 0 aromatic heterocycles. The van der Waals surface area contributed by atoms with Crippen molar-refractivity contribution in [2.75, 3.05) is 0 Å². The Kier molecular flexibility index (Phi) is 2.20. The Balaban J connectivity index is 2.57. The third kappa shape index (κ3) is 1.30. The van der Waals surface area contributed by atoms with Crippen molar-refractivity contribution in [1.82, 2.24) is 0 Å². The van der Waals surface area contributed by atoms with E-state index in [-0.39, 0.29) is 17.7 Å². The maximum absolute atomic E-state index is 12.0. The lowest BCUT2D eigenvalue weighted by Gasteiger charge is -2.12. The lowest BCUT2D eigenvalue weighted by atomic mass is 10.3. The Bertz CT molecular complexity index is 542. The number of aliphatic carboxylic acids is 1. The molecule has 1 saturated carbocycles. The minimum atomic E-state index is -4.01. The summed E-state index contributed by atoms with van der Waals surface area (Å²) in [4.78, 5) is 10.6. The quantitative estimate of drug-likeness (QED) is 0.817. The fourth-order valence-corrected chi connectivity index (χ4v) is 3.50. The van der Waals surface area contributed by atoms with E-state index in [1.54, 1.807) is 0 Å². The zero-order valence-electron chi connectivity index (χ0n) is 8.25. The van der Waals surface area contributed by atoms with E-state index in [0.29, 0.717) is 0 Å². The van der Waals surface area contributed by atoms with Crippen molar-refractivity contribution >= 4 is 15.8 Å². The Labute approximate surface area is 92.3 Å².